The van der Waals surface area contributed by atoms with E-state index in [9.17, 15) is 4.79 Å². The van der Waals surface area contributed by atoms with Crippen molar-refractivity contribution in [3.05, 3.63) is 59.2 Å². The average molecular weight is 337 g/mol. The van der Waals surface area contributed by atoms with Crippen molar-refractivity contribution in [2.45, 2.75) is 33.1 Å². The Kier molecular flexibility index (Phi) is 5.82. The zero-order chi connectivity index (χ0) is 18.4. The lowest BCUT2D eigenvalue weighted by Crippen LogP contribution is -2.14. The second kappa shape index (κ2) is 7.85. The molecule has 0 aliphatic rings. The lowest BCUT2D eigenvalue weighted by Gasteiger charge is -2.19. The molecule has 0 saturated carbocycles. The van der Waals surface area contributed by atoms with Crippen LogP contribution in [-0.2, 0) is 5.41 Å². The maximum atomic E-state index is 12.4. The van der Waals surface area contributed by atoms with E-state index in [0.29, 0.717) is 29.2 Å². The Morgan fingerprint density at radius 3 is 2.28 bits per heavy atom. The molecule has 0 atom stereocenters. The van der Waals surface area contributed by atoms with Crippen molar-refractivity contribution in [2.24, 2.45) is 0 Å². The Balaban J connectivity index is 2.08. The van der Waals surface area contributed by atoms with Gasteiger partial charge in [0.1, 0.15) is 0 Å². The first-order valence-electron chi connectivity index (χ1n) is 8.28. The third kappa shape index (κ3) is 4.84. The zero-order valence-electron chi connectivity index (χ0n) is 15.1. The van der Waals surface area contributed by atoms with Gasteiger partial charge in [-0.3, -0.25) is 4.79 Å². The molecule has 4 heteroatoms. The number of rotatable bonds is 6. The molecule has 0 bridgehead atoms. The minimum Gasteiger partial charge on any atom is -0.490 e. The summed E-state index contributed by atoms with van der Waals surface area (Å²) in [5.41, 5.74) is 2.32. The van der Waals surface area contributed by atoms with Gasteiger partial charge in [0, 0.05) is 11.6 Å². The number of hydrogen-bond acceptors (Lipinski definition) is 4. The number of hydrogen-bond donors (Lipinski definition) is 0. The summed E-state index contributed by atoms with van der Waals surface area (Å²) in [5.74, 6) is 0.824. The highest BCUT2D eigenvalue weighted by Crippen LogP contribution is 2.28. The van der Waals surface area contributed by atoms with Gasteiger partial charge in [0.25, 0.3) is 0 Å². The molecule has 0 aromatic heterocycles. The molecule has 0 aliphatic carbocycles. The van der Waals surface area contributed by atoms with E-state index in [0.717, 1.165) is 0 Å². The van der Waals surface area contributed by atoms with Crippen LogP contribution >= 0.6 is 0 Å². The number of carbonyl (C=O) groups is 1. The third-order valence-electron chi connectivity index (χ3n) is 3.80. The van der Waals surface area contributed by atoms with E-state index in [2.05, 4.69) is 26.8 Å². The maximum Gasteiger partial charge on any atom is 0.200 e. The second-order valence-corrected chi connectivity index (χ2v) is 6.75. The normalized spacial score (nSPS) is 10.8. The van der Waals surface area contributed by atoms with Crippen molar-refractivity contribution >= 4 is 5.78 Å². The maximum absolute atomic E-state index is 12.4. The fourth-order valence-electron chi connectivity index (χ4n) is 2.35. The number of nitriles is 1. The molecule has 2 aromatic carbocycles. The third-order valence-corrected chi connectivity index (χ3v) is 3.80. The van der Waals surface area contributed by atoms with Crippen molar-refractivity contribution in [1.29, 1.82) is 5.26 Å². The predicted octanol–water partition coefficient (Wildman–Crippen LogP) is 4.52. The topological polar surface area (TPSA) is 59.3 Å². The first kappa shape index (κ1) is 18.5. The number of nitrogens with zero attached hydrogens (tertiary/aromatic N) is 1. The number of benzene rings is 2. The van der Waals surface area contributed by atoms with Gasteiger partial charge in [-0.1, -0.05) is 45.0 Å². The van der Waals surface area contributed by atoms with Gasteiger partial charge in [0.15, 0.2) is 23.9 Å². The molecule has 2 rings (SSSR count). The molecule has 0 N–H and O–H groups in total. The van der Waals surface area contributed by atoms with Crippen LogP contribution in [0.2, 0.25) is 0 Å². The Morgan fingerprint density at radius 2 is 1.72 bits per heavy atom. The van der Waals surface area contributed by atoms with Gasteiger partial charge >= 0.3 is 0 Å². The lowest BCUT2D eigenvalue weighted by atomic mass is 9.86. The quantitative estimate of drug-likeness (QED) is 0.727. The first-order valence-corrected chi connectivity index (χ1v) is 8.28. The highest BCUT2D eigenvalue weighted by Gasteiger charge is 2.15. The Labute approximate surface area is 149 Å². The number of Topliss-reactive ketones (excluding diaryl/α,β-unsaturated/α-hetero) is 1. The minimum atomic E-state index is -0.104. The summed E-state index contributed by atoms with van der Waals surface area (Å²) < 4.78 is 11.1. The van der Waals surface area contributed by atoms with Gasteiger partial charge < -0.3 is 9.47 Å². The van der Waals surface area contributed by atoms with Crippen LogP contribution in [0.15, 0.2) is 42.5 Å². The van der Waals surface area contributed by atoms with E-state index < -0.39 is 0 Å². The monoisotopic (exact) mass is 337 g/mol. The standard InChI is InChI=1S/C21H23NO3/c1-5-24-20-12-15(13-22)6-11-19(20)25-14-18(23)16-7-9-17(10-8-16)21(2,3)4/h6-12H,5,14H2,1-4H3. The van der Waals surface area contributed by atoms with Crippen molar-refractivity contribution in [3.63, 3.8) is 0 Å². The van der Waals surface area contributed by atoms with Crippen molar-refractivity contribution < 1.29 is 14.3 Å². The number of ether oxygens (including phenoxy) is 2. The Bertz CT molecular complexity index is 780. The number of ketones is 1. The van der Waals surface area contributed by atoms with Gasteiger partial charge in [-0.25, -0.2) is 0 Å². The van der Waals surface area contributed by atoms with Crippen LogP contribution in [0.4, 0.5) is 0 Å². The van der Waals surface area contributed by atoms with Crippen LogP contribution < -0.4 is 9.47 Å². The largest absolute Gasteiger partial charge is 0.490 e. The molecule has 0 unspecified atom stereocenters. The summed E-state index contributed by atoms with van der Waals surface area (Å²) in [6.45, 7) is 8.62. The fraction of sp³-hybridized carbons (Fsp3) is 0.333. The summed E-state index contributed by atoms with van der Waals surface area (Å²) in [6.07, 6.45) is 0. The van der Waals surface area contributed by atoms with E-state index >= 15 is 0 Å². The molecule has 0 aliphatic heterocycles. The fourth-order valence-corrected chi connectivity index (χ4v) is 2.35. The molecule has 0 heterocycles. The van der Waals surface area contributed by atoms with Crippen LogP contribution in [0.3, 0.4) is 0 Å². The van der Waals surface area contributed by atoms with Crippen LogP contribution in [0.1, 0.15) is 49.2 Å². The first-order chi connectivity index (χ1) is 11.8. The van der Waals surface area contributed by atoms with Crippen molar-refractivity contribution in [2.75, 3.05) is 13.2 Å². The molecule has 0 saturated heterocycles. The molecule has 4 nitrogen and oxygen atoms in total. The van der Waals surface area contributed by atoms with E-state index in [1.54, 1.807) is 18.2 Å². The van der Waals surface area contributed by atoms with Gasteiger partial charge in [-0.05, 0) is 30.0 Å². The minimum absolute atomic E-state index is 0.0486. The van der Waals surface area contributed by atoms with Crippen molar-refractivity contribution in [1.82, 2.24) is 0 Å². The molecule has 130 valence electrons. The summed E-state index contributed by atoms with van der Waals surface area (Å²) >= 11 is 0. The van der Waals surface area contributed by atoms with Crippen molar-refractivity contribution in [3.8, 4) is 17.6 Å². The highest BCUT2D eigenvalue weighted by molar-refractivity contribution is 5.97. The van der Waals surface area contributed by atoms with Crippen LogP contribution in [0.25, 0.3) is 0 Å². The van der Waals surface area contributed by atoms with Crippen LogP contribution in [0.5, 0.6) is 11.5 Å². The average Bonchev–Trinajstić information content (AvgIpc) is 2.60. The van der Waals surface area contributed by atoms with Crippen LogP contribution in [-0.4, -0.2) is 19.0 Å². The lowest BCUT2D eigenvalue weighted by molar-refractivity contribution is 0.0919. The summed E-state index contributed by atoms with van der Waals surface area (Å²) in [6, 6.07) is 14.6. The highest BCUT2D eigenvalue weighted by atomic mass is 16.5. The van der Waals surface area contributed by atoms with Gasteiger partial charge in [-0.15, -0.1) is 0 Å². The smallest absolute Gasteiger partial charge is 0.200 e. The Hall–Kier alpha value is -2.80. The molecular formula is C21H23NO3. The summed E-state index contributed by atoms with van der Waals surface area (Å²) in [7, 11) is 0. The second-order valence-electron chi connectivity index (χ2n) is 6.75. The number of carbonyl (C=O) groups excluding carboxylic acids is 1. The van der Waals surface area contributed by atoms with Crippen LogP contribution in [0, 0.1) is 11.3 Å². The Morgan fingerprint density at radius 1 is 1.04 bits per heavy atom. The van der Waals surface area contributed by atoms with E-state index in [4.69, 9.17) is 14.7 Å². The van der Waals surface area contributed by atoms with E-state index in [-0.39, 0.29) is 17.8 Å². The molecule has 0 amide bonds. The molecule has 25 heavy (non-hydrogen) atoms. The SMILES string of the molecule is CCOc1cc(C#N)ccc1OCC(=O)c1ccc(C(C)(C)C)cc1. The summed E-state index contributed by atoms with van der Waals surface area (Å²) in [5, 5.41) is 8.97. The van der Waals surface area contributed by atoms with E-state index in [1.807, 2.05) is 31.2 Å². The molecular weight excluding hydrogens is 314 g/mol. The van der Waals surface area contributed by atoms with E-state index in [1.165, 1.54) is 5.56 Å². The van der Waals surface area contributed by atoms with Gasteiger partial charge in [0.05, 0.1) is 18.2 Å². The molecule has 0 fully saturated rings. The predicted molar refractivity (Wildman–Crippen MR) is 97.3 cm³/mol. The molecule has 0 radical (unpaired) electrons. The molecule has 0 spiro atoms. The van der Waals surface area contributed by atoms with Gasteiger partial charge in [-0.2, -0.15) is 5.26 Å². The molecule has 2 aromatic rings. The van der Waals surface area contributed by atoms with Gasteiger partial charge in [0.2, 0.25) is 0 Å². The summed E-state index contributed by atoms with van der Waals surface area (Å²) in [4.78, 5) is 12.4. The zero-order valence-corrected chi connectivity index (χ0v) is 15.1.